The Kier molecular flexibility index (Phi) is 5.15. The SMILES string of the molecule is COc1ccccc1CCNC1CCCC1C1CCCN1. The normalized spacial score (nSPS) is 28.9. The Morgan fingerprint density at radius 2 is 2.10 bits per heavy atom. The summed E-state index contributed by atoms with van der Waals surface area (Å²) in [6.45, 7) is 2.27. The number of benzene rings is 1. The number of hydrogen-bond acceptors (Lipinski definition) is 3. The molecule has 1 heterocycles. The smallest absolute Gasteiger partial charge is 0.122 e. The molecule has 3 atom stereocenters. The lowest BCUT2D eigenvalue weighted by Crippen LogP contribution is -2.42. The molecule has 1 aliphatic heterocycles. The monoisotopic (exact) mass is 288 g/mol. The van der Waals surface area contributed by atoms with Gasteiger partial charge in [-0.15, -0.1) is 0 Å². The summed E-state index contributed by atoms with van der Waals surface area (Å²) in [7, 11) is 1.75. The highest BCUT2D eigenvalue weighted by Gasteiger charge is 2.34. The van der Waals surface area contributed by atoms with E-state index in [0.29, 0.717) is 6.04 Å². The largest absolute Gasteiger partial charge is 0.496 e. The van der Waals surface area contributed by atoms with Crippen molar-refractivity contribution in [3.05, 3.63) is 29.8 Å². The minimum Gasteiger partial charge on any atom is -0.496 e. The summed E-state index contributed by atoms with van der Waals surface area (Å²) in [5.41, 5.74) is 1.31. The van der Waals surface area contributed by atoms with Gasteiger partial charge in [0.1, 0.15) is 5.75 Å². The Labute approximate surface area is 128 Å². The van der Waals surface area contributed by atoms with E-state index in [1.54, 1.807) is 7.11 Å². The van der Waals surface area contributed by atoms with Gasteiger partial charge in [-0.1, -0.05) is 24.6 Å². The Balaban J connectivity index is 1.50. The molecule has 0 radical (unpaired) electrons. The number of methoxy groups -OCH3 is 1. The zero-order valence-electron chi connectivity index (χ0n) is 13.1. The van der Waals surface area contributed by atoms with Gasteiger partial charge in [-0.3, -0.25) is 0 Å². The number of para-hydroxylation sites is 1. The molecule has 1 aromatic carbocycles. The lowest BCUT2D eigenvalue weighted by atomic mass is 9.93. The van der Waals surface area contributed by atoms with Crippen LogP contribution in [0.1, 0.15) is 37.7 Å². The Bertz CT molecular complexity index is 443. The Morgan fingerprint density at radius 3 is 2.90 bits per heavy atom. The standard InChI is InChI=1S/C18H28N2O/c1-21-18-10-3-2-6-14(18)11-13-20-16-8-4-7-15(16)17-9-5-12-19-17/h2-3,6,10,15-17,19-20H,4-5,7-9,11-13H2,1H3. The van der Waals surface area contributed by atoms with Crippen molar-refractivity contribution in [1.29, 1.82) is 0 Å². The summed E-state index contributed by atoms with van der Waals surface area (Å²) in [4.78, 5) is 0. The number of nitrogens with one attached hydrogen (secondary N) is 2. The van der Waals surface area contributed by atoms with Crippen molar-refractivity contribution >= 4 is 0 Å². The van der Waals surface area contributed by atoms with Gasteiger partial charge >= 0.3 is 0 Å². The first-order valence-electron chi connectivity index (χ1n) is 8.47. The van der Waals surface area contributed by atoms with E-state index in [9.17, 15) is 0 Å². The van der Waals surface area contributed by atoms with Gasteiger partial charge in [-0.2, -0.15) is 0 Å². The van der Waals surface area contributed by atoms with Crippen LogP contribution in [0, 0.1) is 5.92 Å². The van der Waals surface area contributed by atoms with Crippen LogP contribution >= 0.6 is 0 Å². The van der Waals surface area contributed by atoms with Crippen molar-refractivity contribution in [3.8, 4) is 5.75 Å². The third-order valence-electron chi connectivity index (χ3n) is 5.18. The maximum Gasteiger partial charge on any atom is 0.122 e. The summed E-state index contributed by atoms with van der Waals surface area (Å²) in [6, 6.07) is 9.82. The highest BCUT2D eigenvalue weighted by molar-refractivity contribution is 5.33. The molecule has 21 heavy (non-hydrogen) atoms. The van der Waals surface area contributed by atoms with E-state index >= 15 is 0 Å². The zero-order valence-corrected chi connectivity index (χ0v) is 13.1. The average Bonchev–Trinajstić information content (AvgIpc) is 3.18. The van der Waals surface area contributed by atoms with Gasteiger partial charge in [-0.05, 0) is 62.7 Å². The third kappa shape index (κ3) is 3.58. The second-order valence-electron chi connectivity index (χ2n) is 6.42. The molecule has 3 rings (SSSR count). The molecule has 1 saturated carbocycles. The molecular formula is C18H28N2O. The fourth-order valence-electron chi connectivity index (χ4n) is 4.10. The topological polar surface area (TPSA) is 33.3 Å². The predicted molar refractivity (Wildman–Crippen MR) is 86.9 cm³/mol. The summed E-state index contributed by atoms with van der Waals surface area (Å²) < 4.78 is 5.43. The van der Waals surface area contributed by atoms with E-state index in [4.69, 9.17) is 4.74 Å². The lowest BCUT2D eigenvalue weighted by molar-refractivity contribution is 0.322. The van der Waals surface area contributed by atoms with Crippen LogP contribution in [0.25, 0.3) is 0 Å². The summed E-state index contributed by atoms with van der Waals surface area (Å²) >= 11 is 0. The van der Waals surface area contributed by atoms with Crippen molar-refractivity contribution < 1.29 is 4.74 Å². The molecule has 1 saturated heterocycles. The van der Waals surface area contributed by atoms with Crippen LogP contribution in [0.4, 0.5) is 0 Å². The molecule has 0 amide bonds. The van der Waals surface area contributed by atoms with E-state index in [1.165, 1.54) is 44.2 Å². The highest BCUT2D eigenvalue weighted by atomic mass is 16.5. The van der Waals surface area contributed by atoms with E-state index in [-0.39, 0.29) is 0 Å². The molecule has 3 heteroatoms. The van der Waals surface area contributed by atoms with Crippen LogP contribution in [0.2, 0.25) is 0 Å². The van der Waals surface area contributed by atoms with E-state index in [2.05, 4.69) is 28.8 Å². The van der Waals surface area contributed by atoms with Gasteiger partial charge in [0, 0.05) is 12.1 Å². The molecule has 2 aliphatic rings. The number of hydrogen-bond donors (Lipinski definition) is 2. The minimum absolute atomic E-state index is 0.704. The first-order valence-corrected chi connectivity index (χ1v) is 8.47. The minimum atomic E-state index is 0.704. The van der Waals surface area contributed by atoms with Crippen molar-refractivity contribution in [1.82, 2.24) is 10.6 Å². The molecule has 2 N–H and O–H groups in total. The van der Waals surface area contributed by atoms with Crippen LogP contribution in [0.5, 0.6) is 5.75 Å². The molecule has 2 fully saturated rings. The molecule has 0 aromatic heterocycles. The number of ether oxygens (including phenoxy) is 1. The van der Waals surface area contributed by atoms with Crippen LogP contribution in [0.15, 0.2) is 24.3 Å². The van der Waals surface area contributed by atoms with E-state index in [0.717, 1.165) is 30.7 Å². The molecule has 1 aromatic rings. The van der Waals surface area contributed by atoms with Gasteiger partial charge in [0.25, 0.3) is 0 Å². The third-order valence-corrected chi connectivity index (χ3v) is 5.18. The second-order valence-corrected chi connectivity index (χ2v) is 6.42. The molecule has 1 aliphatic carbocycles. The van der Waals surface area contributed by atoms with Crippen molar-refractivity contribution in [3.63, 3.8) is 0 Å². The maximum absolute atomic E-state index is 5.43. The molecule has 3 nitrogen and oxygen atoms in total. The fourth-order valence-corrected chi connectivity index (χ4v) is 4.10. The maximum atomic E-state index is 5.43. The molecule has 0 spiro atoms. The van der Waals surface area contributed by atoms with Crippen molar-refractivity contribution in [2.24, 2.45) is 5.92 Å². The summed E-state index contributed by atoms with van der Waals surface area (Å²) in [5, 5.41) is 7.51. The van der Waals surface area contributed by atoms with Gasteiger partial charge in [0.2, 0.25) is 0 Å². The van der Waals surface area contributed by atoms with Gasteiger partial charge in [-0.25, -0.2) is 0 Å². The predicted octanol–water partition coefficient (Wildman–Crippen LogP) is 2.75. The van der Waals surface area contributed by atoms with E-state index in [1.807, 2.05) is 6.07 Å². The van der Waals surface area contributed by atoms with Gasteiger partial charge in [0.15, 0.2) is 0 Å². The second kappa shape index (κ2) is 7.28. The van der Waals surface area contributed by atoms with Crippen molar-refractivity contribution in [2.75, 3.05) is 20.2 Å². The van der Waals surface area contributed by atoms with E-state index < -0.39 is 0 Å². The van der Waals surface area contributed by atoms with Gasteiger partial charge in [0.05, 0.1) is 7.11 Å². The van der Waals surface area contributed by atoms with Crippen molar-refractivity contribution in [2.45, 2.75) is 50.6 Å². The first-order chi connectivity index (χ1) is 10.4. The summed E-state index contributed by atoms with van der Waals surface area (Å²) in [6.07, 6.45) is 7.89. The zero-order chi connectivity index (χ0) is 14.5. The van der Waals surface area contributed by atoms with Crippen LogP contribution in [-0.2, 0) is 6.42 Å². The Hall–Kier alpha value is -1.06. The van der Waals surface area contributed by atoms with Gasteiger partial charge < -0.3 is 15.4 Å². The fraction of sp³-hybridized carbons (Fsp3) is 0.667. The first kappa shape index (κ1) is 14.9. The number of rotatable bonds is 6. The molecule has 3 unspecified atom stereocenters. The quantitative estimate of drug-likeness (QED) is 0.844. The average molecular weight is 288 g/mol. The molecule has 0 bridgehead atoms. The van der Waals surface area contributed by atoms with Crippen LogP contribution < -0.4 is 15.4 Å². The highest BCUT2D eigenvalue weighted by Crippen LogP contribution is 2.32. The van der Waals surface area contributed by atoms with Crippen LogP contribution in [0.3, 0.4) is 0 Å². The summed E-state index contributed by atoms with van der Waals surface area (Å²) in [5.74, 6) is 1.85. The molecule has 116 valence electrons. The molecular weight excluding hydrogens is 260 g/mol. The Morgan fingerprint density at radius 1 is 1.19 bits per heavy atom. The van der Waals surface area contributed by atoms with Crippen LogP contribution in [-0.4, -0.2) is 32.3 Å². The lowest BCUT2D eigenvalue weighted by Gasteiger charge is -2.26.